The molecule has 0 aromatic heterocycles. The maximum atomic E-state index is 12.2. The van der Waals surface area contributed by atoms with Crippen molar-refractivity contribution in [2.75, 3.05) is 12.4 Å². The van der Waals surface area contributed by atoms with Crippen LogP contribution in [0.15, 0.2) is 24.3 Å². The van der Waals surface area contributed by atoms with Gasteiger partial charge in [0.15, 0.2) is 0 Å². The lowest BCUT2D eigenvalue weighted by molar-refractivity contribution is 0.0718. The van der Waals surface area contributed by atoms with Crippen molar-refractivity contribution in [2.45, 2.75) is 19.9 Å². The van der Waals surface area contributed by atoms with Crippen molar-refractivity contribution in [3.8, 4) is 6.07 Å². The fourth-order valence-electron chi connectivity index (χ4n) is 1.54. The van der Waals surface area contributed by atoms with Gasteiger partial charge in [0.1, 0.15) is 0 Å². The summed E-state index contributed by atoms with van der Waals surface area (Å²) >= 11 is 5.68. The molecule has 0 aliphatic rings. The van der Waals surface area contributed by atoms with Crippen LogP contribution in [-0.4, -0.2) is 29.3 Å². The third kappa shape index (κ3) is 3.47. The molecule has 0 N–H and O–H groups in total. The van der Waals surface area contributed by atoms with E-state index in [9.17, 15) is 4.79 Å². The van der Waals surface area contributed by atoms with E-state index >= 15 is 0 Å². The maximum absolute atomic E-state index is 12.2. The SMILES string of the molecule is CC(C)N(CCCl)C(=O)c1ccc(C#N)cc1. The van der Waals surface area contributed by atoms with Gasteiger partial charge >= 0.3 is 0 Å². The maximum Gasteiger partial charge on any atom is 0.254 e. The highest BCUT2D eigenvalue weighted by molar-refractivity contribution is 6.18. The molecule has 1 amide bonds. The standard InChI is InChI=1S/C13H15ClN2O/c1-10(2)16(8-7-14)13(17)12-5-3-11(9-15)4-6-12/h3-6,10H,7-8H2,1-2H3. The molecule has 0 fully saturated rings. The number of nitriles is 1. The first-order chi connectivity index (χ1) is 8.10. The smallest absolute Gasteiger partial charge is 0.254 e. The zero-order chi connectivity index (χ0) is 12.8. The number of carbonyl (C=O) groups excluding carboxylic acids is 1. The molecule has 0 radical (unpaired) electrons. The quantitative estimate of drug-likeness (QED) is 0.771. The summed E-state index contributed by atoms with van der Waals surface area (Å²) in [6, 6.07) is 8.77. The van der Waals surface area contributed by atoms with E-state index in [2.05, 4.69) is 0 Å². The number of carbonyl (C=O) groups is 1. The van der Waals surface area contributed by atoms with E-state index in [1.807, 2.05) is 19.9 Å². The number of amides is 1. The monoisotopic (exact) mass is 250 g/mol. The Morgan fingerprint density at radius 1 is 1.41 bits per heavy atom. The van der Waals surface area contributed by atoms with Crippen molar-refractivity contribution >= 4 is 17.5 Å². The van der Waals surface area contributed by atoms with Gasteiger partial charge in [0.25, 0.3) is 5.91 Å². The summed E-state index contributed by atoms with van der Waals surface area (Å²) in [6.45, 7) is 4.43. The van der Waals surface area contributed by atoms with Crippen LogP contribution < -0.4 is 0 Å². The molecule has 1 aromatic carbocycles. The molecule has 0 saturated heterocycles. The molecule has 17 heavy (non-hydrogen) atoms. The van der Waals surface area contributed by atoms with Crippen LogP contribution in [0.4, 0.5) is 0 Å². The topological polar surface area (TPSA) is 44.1 Å². The Morgan fingerprint density at radius 3 is 2.41 bits per heavy atom. The van der Waals surface area contributed by atoms with Gasteiger partial charge in [0, 0.05) is 24.0 Å². The first-order valence-electron chi connectivity index (χ1n) is 5.47. The lowest BCUT2D eigenvalue weighted by atomic mass is 10.1. The van der Waals surface area contributed by atoms with Gasteiger partial charge < -0.3 is 4.90 Å². The molecule has 0 spiro atoms. The molecule has 0 saturated carbocycles. The van der Waals surface area contributed by atoms with Gasteiger partial charge in [-0.25, -0.2) is 0 Å². The molecule has 0 heterocycles. The Bertz CT molecular complexity index is 420. The largest absolute Gasteiger partial charge is 0.335 e. The molecule has 0 aliphatic heterocycles. The van der Waals surface area contributed by atoms with E-state index in [0.29, 0.717) is 23.6 Å². The number of halogens is 1. The van der Waals surface area contributed by atoms with Gasteiger partial charge in [-0.1, -0.05) is 0 Å². The number of alkyl halides is 1. The van der Waals surface area contributed by atoms with Crippen LogP contribution in [-0.2, 0) is 0 Å². The Labute approximate surface area is 107 Å². The van der Waals surface area contributed by atoms with Crippen LogP contribution in [0.1, 0.15) is 29.8 Å². The second-order valence-electron chi connectivity index (χ2n) is 3.97. The van der Waals surface area contributed by atoms with Crippen LogP contribution >= 0.6 is 11.6 Å². The second-order valence-corrected chi connectivity index (χ2v) is 4.35. The van der Waals surface area contributed by atoms with Gasteiger partial charge in [-0.15, -0.1) is 11.6 Å². The number of hydrogen-bond donors (Lipinski definition) is 0. The minimum Gasteiger partial charge on any atom is -0.335 e. The first kappa shape index (κ1) is 13.5. The van der Waals surface area contributed by atoms with Crippen LogP contribution in [0.3, 0.4) is 0 Å². The highest BCUT2D eigenvalue weighted by Crippen LogP contribution is 2.10. The van der Waals surface area contributed by atoms with E-state index in [1.54, 1.807) is 29.2 Å². The molecule has 0 bridgehead atoms. The molecule has 1 rings (SSSR count). The lowest BCUT2D eigenvalue weighted by Crippen LogP contribution is -2.38. The minimum atomic E-state index is -0.0508. The number of rotatable bonds is 4. The van der Waals surface area contributed by atoms with Crippen molar-refractivity contribution in [3.63, 3.8) is 0 Å². The van der Waals surface area contributed by atoms with Crippen molar-refractivity contribution in [1.29, 1.82) is 5.26 Å². The fraction of sp³-hybridized carbons (Fsp3) is 0.385. The lowest BCUT2D eigenvalue weighted by Gasteiger charge is -2.25. The van der Waals surface area contributed by atoms with Crippen LogP contribution in [0.25, 0.3) is 0 Å². The predicted octanol–water partition coefficient (Wildman–Crippen LogP) is 2.65. The molecule has 3 nitrogen and oxygen atoms in total. The molecular weight excluding hydrogens is 236 g/mol. The second kappa shape index (κ2) is 6.27. The average molecular weight is 251 g/mol. The third-order valence-electron chi connectivity index (χ3n) is 2.47. The van der Waals surface area contributed by atoms with Gasteiger partial charge in [-0.3, -0.25) is 4.79 Å². The Hall–Kier alpha value is -1.53. The summed E-state index contributed by atoms with van der Waals surface area (Å²) < 4.78 is 0. The van der Waals surface area contributed by atoms with E-state index in [-0.39, 0.29) is 11.9 Å². The number of nitrogens with zero attached hydrogens (tertiary/aromatic N) is 2. The highest BCUT2D eigenvalue weighted by Gasteiger charge is 2.17. The van der Waals surface area contributed by atoms with Gasteiger partial charge in [-0.2, -0.15) is 5.26 Å². The Kier molecular flexibility index (Phi) is 4.99. The molecule has 0 aliphatic carbocycles. The van der Waals surface area contributed by atoms with Crippen molar-refractivity contribution in [3.05, 3.63) is 35.4 Å². The molecule has 0 unspecified atom stereocenters. The van der Waals surface area contributed by atoms with Gasteiger partial charge in [0.05, 0.1) is 11.6 Å². The average Bonchev–Trinajstić information content (AvgIpc) is 2.35. The normalized spacial score (nSPS) is 10.1. The molecule has 0 atom stereocenters. The van der Waals surface area contributed by atoms with Crippen LogP contribution in [0, 0.1) is 11.3 Å². The van der Waals surface area contributed by atoms with E-state index in [4.69, 9.17) is 16.9 Å². The zero-order valence-electron chi connectivity index (χ0n) is 9.98. The molecule has 1 aromatic rings. The van der Waals surface area contributed by atoms with Gasteiger partial charge in [0.2, 0.25) is 0 Å². The Balaban J connectivity index is 2.90. The predicted molar refractivity (Wildman–Crippen MR) is 68.0 cm³/mol. The Morgan fingerprint density at radius 2 is 2.00 bits per heavy atom. The van der Waals surface area contributed by atoms with E-state index in [0.717, 1.165) is 0 Å². The summed E-state index contributed by atoms with van der Waals surface area (Å²) in [4.78, 5) is 13.9. The van der Waals surface area contributed by atoms with Crippen molar-refractivity contribution < 1.29 is 4.79 Å². The van der Waals surface area contributed by atoms with Crippen molar-refractivity contribution in [1.82, 2.24) is 4.90 Å². The molecular formula is C13H15ClN2O. The van der Waals surface area contributed by atoms with Gasteiger partial charge in [-0.05, 0) is 38.1 Å². The summed E-state index contributed by atoms with van der Waals surface area (Å²) in [5.74, 6) is 0.366. The highest BCUT2D eigenvalue weighted by atomic mass is 35.5. The summed E-state index contributed by atoms with van der Waals surface area (Å²) in [7, 11) is 0. The summed E-state index contributed by atoms with van der Waals surface area (Å²) in [5, 5.41) is 8.69. The number of hydrogen-bond acceptors (Lipinski definition) is 2. The van der Waals surface area contributed by atoms with E-state index in [1.165, 1.54) is 0 Å². The number of benzene rings is 1. The first-order valence-corrected chi connectivity index (χ1v) is 6.00. The minimum absolute atomic E-state index is 0.0508. The van der Waals surface area contributed by atoms with E-state index < -0.39 is 0 Å². The molecule has 90 valence electrons. The zero-order valence-corrected chi connectivity index (χ0v) is 10.7. The van der Waals surface area contributed by atoms with Crippen molar-refractivity contribution in [2.24, 2.45) is 0 Å². The fourth-order valence-corrected chi connectivity index (χ4v) is 1.72. The summed E-state index contributed by atoms with van der Waals surface area (Å²) in [6.07, 6.45) is 0. The molecule has 4 heteroatoms. The third-order valence-corrected chi connectivity index (χ3v) is 2.64. The summed E-state index contributed by atoms with van der Waals surface area (Å²) in [5.41, 5.74) is 1.14. The van der Waals surface area contributed by atoms with Crippen LogP contribution in [0.2, 0.25) is 0 Å². The van der Waals surface area contributed by atoms with Crippen LogP contribution in [0.5, 0.6) is 0 Å².